The minimum atomic E-state index is -0.0155. The number of hydrogen-bond acceptors (Lipinski definition) is 2. The van der Waals surface area contributed by atoms with Crippen molar-refractivity contribution in [3.8, 4) is 11.1 Å². The Bertz CT molecular complexity index is 2170. The van der Waals surface area contributed by atoms with Crippen molar-refractivity contribution < 1.29 is 0 Å². The summed E-state index contributed by atoms with van der Waals surface area (Å²) in [5, 5.41) is 0. The van der Waals surface area contributed by atoms with Gasteiger partial charge in [0.25, 0.3) is 0 Å². The number of anilines is 6. The Balaban J connectivity index is 1.14. The van der Waals surface area contributed by atoms with Crippen LogP contribution >= 0.6 is 0 Å². The number of hydrogen-bond donors (Lipinski definition) is 0. The molecule has 0 fully saturated rings. The summed E-state index contributed by atoms with van der Waals surface area (Å²) in [6, 6.07) is 66.0. The van der Waals surface area contributed by atoms with E-state index in [0.29, 0.717) is 0 Å². The number of fused-ring (bicyclic) bond motifs is 3. The molecule has 0 aromatic heterocycles. The number of benzene rings is 7. The van der Waals surface area contributed by atoms with Gasteiger partial charge in [-0.3, -0.25) is 0 Å². The average Bonchev–Trinajstić information content (AvgIpc) is 3.45. The highest BCUT2D eigenvalue weighted by Crippen LogP contribution is 2.55. The van der Waals surface area contributed by atoms with E-state index in [1.54, 1.807) is 0 Å². The van der Waals surface area contributed by atoms with Gasteiger partial charge in [0.1, 0.15) is 0 Å². The van der Waals surface area contributed by atoms with Crippen LogP contribution in [0.15, 0.2) is 182 Å². The van der Waals surface area contributed by atoms with Crippen molar-refractivity contribution in [3.05, 3.63) is 204 Å². The molecule has 50 heavy (non-hydrogen) atoms. The van der Waals surface area contributed by atoms with E-state index >= 15 is 0 Å². The lowest BCUT2D eigenvalue weighted by Crippen LogP contribution is -2.19. The molecule has 0 aliphatic heterocycles. The van der Waals surface area contributed by atoms with Crippen LogP contribution in [0.2, 0.25) is 0 Å². The molecule has 0 bridgehead atoms. The SMILES string of the molecule is CCC1(C)c2ccccc2-c2c(N(c3ccccc3)c3ccc(C(C)c4ccc(N(c5ccccc5)c5ccccc5)cc4)cc3)cccc21. The molecule has 1 aliphatic rings. The molecule has 2 unspecified atom stereocenters. The Morgan fingerprint density at radius 3 is 1.38 bits per heavy atom. The van der Waals surface area contributed by atoms with Crippen LogP contribution in [0.5, 0.6) is 0 Å². The summed E-state index contributed by atoms with van der Waals surface area (Å²) in [4.78, 5) is 4.74. The summed E-state index contributed by atoms with van der Waals surface area (Å²) < 4.78 is 0. The molecule has 0 heterocycles. The van der Waals surface area contributed by atoms with E-state index in [2.05, 4.69) is 213 Å². The monoisotopic (exact) mass is 646 g/mol. The van der Waals surface area contributed by atoms with E-state index in [4.69, 9.17) is 0 Å². The molecule has 0 amide bonds. The van der Waals surface area contributed by atoms with Crippen molar-refractivity contribution in [2.24, 2.45) is 0 Å². The van der Waals surface area contributed by atoms with Crippen LogP contribution < -0.4 is 9.80 Å². The molecule has 1 aliphatic carbocycles. The van der Waals surface area contributed by atoms with Crippen molar-refractivity contribution in [1.29, 1.82) is 0 Å². The summed E-state index contributed by atoms with van der Waals surface area (Å²) in [5.74, 6) is 0.239. The van der Waals surface area contributed by atoms with E-state index in [9.17, 15) is 0 Å². The largest absolute Gasteiger partial charge is 0.311 e. The molecule has 7 aromatic carbocycles. The molecule has 244 valence electrons. The summed E-state index contributed by atoms with van der Waals surface area (Å²) in [6.07, 6.45) is 1.05. The van der Waals surface area contributed by atoms with Gasteiger partial charge in [0.05, 0.1) is 5.69 Å². The lowest BCUT2D eigenvalue weighted by molar-refractivity contribution is 0.564. The molecule has 0 N–H and O–H groups in total. The van der Waals surface area contributed by atoms with Crippen molar-refractivity contribution in [2.75, 3.05) is 9.80 Å². The molecule has 2 nitrogen and oxygen atoms in total. The van der Waals surface area contributed by atoms with E-state index in [0.717, 1.165) is 34.9 Å². The first-order valence-corrected chi connectivity index (χ1v) is 17.8. The van der Waals surface area contributed by atoms with Gasteiger partial charge in [0.2, 0.25) is 0 Å². The highest BCUT2D eigenvalue weighted by Gasteiger charge is 2.39. The molecular formula is C48H42N2. The number of nitrogens with zero attached hydrogens (tertiary/aromatic N) is 2. The van der Waals surface area contributed by atoms with Gasteiger partial charge in [-0.05, 0) is 101 Å². The third-order valence-corrected chi connectivity index (χ3v) is 10.7. The fourth-order valence-corrected chi connectivity index (χ4v) is 7.80. The molecule has 8 rings (SSSR count). The normalized spacial score (nSPS) is 15.2. The first-order chi connectivity index (χ1) is 24.6. The predicted molar refractivity (Wildman–Crippen MR) is 212 cm³/mol. The van der Waals surface area contributed by atoms with Crippen molar-refractivity contribution in [1.82, 2.24) is 0 Å². The Labute approximate surface area is 296 Å². The number of para-hydroxylation sites is 3. The minimum absolute atomic E-state index is 0.0155. The van der Waals surface area contributed by atoms with Crippen LogP contribution in [0.25, 0.3) is 11.1 Å². The van der Waals surface area contributed by atoms with E-state index < -0.39 is 0 Å². The Morgan fingerprint density at radius 1 is 0.440 bits per heavy atom. The molecule has 0 radical (unpaired) electrons. The molecule has 0 spiro atoms. The van der Waals surface area contributed by atoms with Crippen molar-refractivity contribution in [2.45, 2.75) is 38.5 Å². The Hall–Kier alpha value is -5.86. The second kappa shape index (κ2) is 13.2. The van der Waals surface area contributed by atoms with E-state index in [1.165, 1.54) is 39.1 Å². The lowest BCUT2D eigenvalue weighted by Gasteiger charge is -2.30. The second-order valence-corrected chi connectivity index (χ2v) is 13.5. The zero-order chi connectivity index (χ0) is 34.1. The molecule has 2 heteroatoms. The third kappa shape index (κ3) is 5.47. The third-order valence-electron chi connectivity index (χ3n) is 10.7. The van der Waals surface area contributed by atoms with Gasteiger partial charge in [0, 0.05) is 45.3 Å². The summed E-state index contributed by atoms with van der Waals surface area (Å²) in [6.45, 7) is 7.01. The fraction of sp³-hybridized carbons (Fsp3) is 0.125. The standard InChI is InChI=1S/C48H42N2/c1-4-48(3)44-24-15-14-23-43(44)47-45(48)25-16-26-46(47)50(40-21-12-7-13-22-40)42-33-29-37(30-34-42)35(2)36-27-31-41(32-28-36)49(38-17-8-5-9-18-38)39-19-10-6-11-20-39/h5-35H,4H2,1-3H3. The minimum Gasteiger partial charge on any atom is -0.311 e. The maximum Gasteiger partial charge on any atom is 0.0543 e. The maximum atomic E-state index is 2.43. The summed E-state index contributed by atoms with van der Waals surface area (Å²) in [7, 11) is 0. The summed E-state index contributed by atoms with van der Waals surface area (Å²) >= 11 is 0. The first-order valence-electron chi connectivity index (χ1n) is 17.8. The van der Waals surface area contributed by atoms with Crippen LogP contribution in [0.4, 0.5) is 34.1 Å². The van der Waals surface area contributed by atoms with Crippen LogP contribution in [-0.4, -0.2) is 0 Å². The second-order valence-electron chi connectivity index (χ2n) is 13.5. The van der Waals surface area contributed by atoms with Gasteiger partial charge in [-0.15, -0.1) is 0 Å². The highest BCUT2D eigenvalue weighted by molar-refractivity contribution is 5.95. The van der Waals surface area contributed by atoms with Gasteiger partial charge in [0.15, 0.2) is 0 Å². The molecular weight excluding hydrogens is 605 g/mol. The number of rotatable bonds is 9. The van der Waals surface area contributed by atoms with E-state index in [1.807, 2.05) is 0 Å². The lowest BCUT2D eigenvalue weighted by atomic mass is 9.78. The van der Waals surface area contributed by atoms with Crippen LogP contribution in [0.3, 0.4) is 0 Å². The molecule has 0 saturated carbocycles. The van der Waals surface area contributed by atoms with Crippen LogP contribution in [0, 0.1) is 0 Å². The van der Waals surface area contributed by atoms with Crippen molar-refractivity contribution >= 4 is 34.1 Å². The topological polar surface area (TPSA) is 6.48 Å². The Kier molecular flexibility index (Phi) is 8.30. The zero-order valence-corrected chi connectivity index (χ0v) is 29.0. The zero-order valence-electron chi connectivity index (χ0n) is 29.0. The quantitative estimate of drug-likeness (QED) is 0.154. The molecule has 7 aromatic rings. The van der Waals surface area contributed by atoms with E-state index in [-0.39, 0.29) is 11.3 Å². The van der Waals surface area contributed by atoms with Crippen molar-refractivity contribution in [3.63, 3.8) is 0 Å². The van der Waals surface area contributed by atoms with Gasteiger partial charge in [-0.2, -0.15) is 0 Å². The van der Waals surface area contributed by atoms with Crippen LogP contribution in [-0.2, 0) is 5.41 Å². The highest BCUT2D eigenvalue weighted by atomic mass is 15.1. The van der Waals surface area contributed by atoms with Gasteiger partial charge >= 0.3 is 0 Å². The fourth-order valence-electron chi connectivity index (χ4n) is 7.80. The molecule has 2 atom stereocenters. The van der Waals surface area contributed by atoms with Gasteiger partial charge in [-0.1, -0.05) is 136 Å². The Morgan fingerprint density at radius 2 is 0.860 bits per heavy atom. The van der Waals surface area contributed by atoms with Crippen LogP contribution in [0.1, 0.15) is 55.4 Å². The smallest absolute Gasteiger partial charge is 0.0543 e. The average molecular weight is 647 g/mol. The molecule has 0 saturated heterocycles. The summed E-state index contributed by atoms with van der Waals surface area (Å²) in [5.41, 5.74) is 15.0. The van der Waals surface area contributed by atoms with Gasteiger partial charge < -0.3 is 9.80 Å². The maximum absolute atomic E-state index is 2.43. The predicted octanol–water partition coefficient (Wildman–Crippen LogP) is 13.5. The van der Waals surface area contributed by atoms with Gasteiger partial charge in [-0.25, -0.2) is 0 Å². The first kappa shape index (κ1) is 31.4.